The van der Waals surface area contributed by atoms with Gasteiger partial charge in [0.25, 0.3) is 0 Å². The summed E-state index contributed by atoms with van der Waals surface area (Å²) in [5, 5.41) is 25.4. The summed E-state index contributed by atoms with van der Waals surface area (Å²) in [6.45, 7) is 0. The molecule has 3 aromatic heterocycles. The zero-order chi connectivity index (χ0) is 14.1. The number of hydrogen-bond acceptors (Lipinski definition) is 6. The topological polar surface area (TPSA) is 118 Å². The normalized spacial score (nSPS) is 10.3. The van der Waals surface area contributed by atoms with Crippen LogP contribution in [0.3, 0.4) is 0 Å². The molecule has 0 amide bonds. The molecule has 8 heteroatoms. The van der Waals surface area contributed by atoms with Gasteiger partial charge in [-0.15, -0.1) is 5.10 Å². The van der Waals surface area contributed by atoms with Crippen molar-refractivity contribution in [2.75, 3.05) is 0 Å². The van der Waals surface area contributed by atoms with Crippen LogP contribution in [0, 0.1) is 11.3 Å². The minimum Gasteiger partial charge on any atom is -0.478 e. The van der Waals surface area contributed by atoms with Crippen molar-refractivity contribution < 1.29 is 9.90 Å². The Morgan fingerprint density at radius 1 is 1.30 bits per heavy atom. The van der Waals surface area contributed by atoms with E-state index in [1.165, 1.54) is 23.1 Å². The molecule has 0 aliphatic carbocycles. The molecule has 3 heterocycles. The molecule has 8 nitrogen and oxygen atoms in total. The molecule has 1 N–H and O–H groups in total. The van der Waals surface area contributed by atoms with E-state index in [0.29, 0.717) is 22.5 Å². The quantitative estimate of drug-likeness (QED) is 0.728. The lowest BCUT2D eigenvalue weighted by Gasteiger charge is -2.00. The molecule has 0 radical (unpaired) electrons. The van der Waals surface area contributed by atoms with Crippen molar-refractivity contribution in [1.29, 1.82) is 5.26 Å². The van der Waals surface area contributed by atoms with Crippen LogP contribution in [0.1, 0.15) is 16.1 Å². The number of nitrogens with zero attached hydrogens (tertiary/aromatic N) is 6. The number of carbonyl (C=O) groups is 1. The van der Waals surface area contributed by atoms with E-state index in [4.69, 9.17) is 10.4 Å². The van der Waals surface area contributed by atoms with Crippen LogP contribution in [-0.4, -0.2) is 36.0 Å². The van der Waals surface area contributed by atoms with Crippen molar-refractivity contribution >= 4 is 17.1 Å². The maximum atomic E-state index is 10.9. The van der Waals surface area contributed by atoms with Gasteiger partial charge in [0.15, 0.2) is 5.65 Å². The SMILES string of the molecule is N#Cc1ccc(-n2nnc3cc(C(=O)O)cnc32)cn1. The average molecular weight is 266 g/mol. The van der Waals surface area contributed by atoms with Gasteiger partial charge in [0.1, 0.15) is 17.3 Å². The fourth-order valence-electron chi connectivity index (χ4n) is 1.69. The maximum Gasteiger partial charge on any atom is 0.337 e. The second-order valence-electron chi connectivity index (χ2n) is 3.89. The Hall–Kier alpha value is -3.34. The maximum absolute atomic E-state index is 10.9. The molecule has 0 spiro atoms. The van der Waals surface area contributed by atoms with Gasteiger partial charge in [0.2, 0.25) is 0 Å². The molecule has 0 fully saturated rings. The van der Waals surface area contributed by atoms with Gasteiger partial charge in [0.05, 0.1) is 17.4 Å². The molecule has 3 aromatic rings. The summed E-state index contributed by atoms with van der Waals surface area (Å²) in [4.78, 5) is 18.8. The smallest absolute Gasteiger partial charge is 0.337 e. The van der Waals surface area contributed by atoms with Crippen LogP contribution in [-0.2, 0) is 0 Å². The summed E-state index contributed by atoms with van der Waals surface area (Å²) in [5.41, 5.74) is 1.71. The molecule has 0 saturated heterocycles. The Balaban J connectivity index is 2.12. The van der Waals surface area contributed by atoms with Gasteiger partial charge in [0, 0.05) is 6.20 Å². The molecule has 0 unspecified atom stereocenters. The number of fused-ring (bicyclic) bond motifs is 1. The highest BCUT2D eigenvalue weighted by Crippen LogP contribution is 2.15. The van der Waals surface area contributed by atoms with Crippen LogP contribution in [0.25, 0.3) is 16.9 Å². The zero-order valence-electron chi connectivity index (χ0n) is 9.93. The monoisotopic (exact) mass is 266 g/mol. The number of rotatable bonds is 2. The Bertz CT molecular complexity index is 847. The summed E-state index contributed by atoms with van der Waals surface area (Å²) in [6.07, 6.45) is 2.71. The van der Waals surface area contributed by atoms with E-state index < -0.39 is 5.97 Å². The molecule has 0 saturated carbocycles. The zero-order valence-corrected chi connectivity index (χ0v) is 9.93. The van der Waals surface area contributed by atoms with Crippen molar-refractivity contribution in [3.63, 3.8) is 0 Å². The van der Waals surface area contributed by atoms with Gasteiger partial charge in [-0.1, -0.05) is 5.21 Å². The van der Waals surface area contributed by atoms with Crippen LogP contribution in [0.5, 0.6) is 0 Å². The number of aromatic carboxylic acids is 1. The second kappa shape index (κ2) is 4.40. The van der Waals surface area contributed by atoms with Gasteiger partial charge in [-0.2, -0.15) is 9.94 Å². The highest BCUT2D eigenvalue weighted by Gasteiger charge is 2.11. The van der Waals surface area contributed by atoms with Crippen LogP contribution < -0.4 is 0 Å². The molecule has 96 valence electrons. The van der Waals surface area contributed by atoms with Gasteiger partial charge in [-0.05, 0) is 18.2 Å². The third-order valence-corrected chi connectivity index (χ3v) is 2.64. The third-order valence-electron chi connectivity index (χ3n) is 2.64. The highest BCUT2D eigenvalue weighted by molar-refractivity contribution is 5.90. The van der Waals surface area contributed by atoms with E-state index in [-0.39, 0.29) is 5.56 Å². The van der Waals surface area contributed by atoms with Crippen molar-refractivity contribution in [2.45, 2.75) is 0 Å². The molecule has 0 aromatic carbocycles. The van der Waals surface area contributed by atoms with Crippen molar-refractivity contribution in [1.82, 2.24) is 25.0 Å². The standard InChI is InChI=1S/C12H6N6O2/c13-4-8-1-2-9(6-14-8)18-11-10(16-17-18)3-7(5-15-11)12(19)20/h1-3,5-6H,(H,19,20). The fraction of sp³-hybridized carbons (Fsp3) is 0. The number of pyridine rings is 2. The Labute approximate surface area is 111 Å². The first-order valence-corrected chi connectivity index (χ1v) is 5.50. The molecule has 3 rings (SSSR count). The summed E-state index contributed by atoms with van der Waals surface area (Å²) < 4.78 is 1.43. The van der Waals surface area contributed by atoms with Gasteiger partial charge >= 0.3 is 5.97 Å². The lowest BCUT2D eigenvalue weighted by molar-refractivity contribution is 0.0696. The van der Waals surface area contributed by atoms with Crippen LogP contribution in [0.15, 0.2) is 30.6 Å². The predicted molar refractivity (Wildman–Crippen MR) is 66.1 cm³/mol. The van der Waals surface area contributed by atoms with Crippen molar-refractivity contribution in [3.05, 3.63) is 41.9 Å². The summed E-state index contributed by atoms with van der Waals surface area (Å²) >= 11 is 0. The Kier molecular flexibility index (Phi) is 2.58. The number of aromatic nitrogens is 5. The number of nitriles is 1. The molecule has 0 aliphatic rings. The summed E-state index contributed by atoms with van der Waals surface area (Å²) in [5.74, 6) is -1.08. The molecule has 20 heavy (non-hydrogen) atoms. The Morgan fingerprint density at radius 3 is 2.80 bits per heavy atom. The molecule has 0 atom stereocenters. The van der Waals surface area contributed by atoms with E-state index >= 15 is 0 Å². The van der Waals surface area contributed by atoms with Crippen LogP contribution in [0.2, 0.25) is 0 Å². The highest BCUT2D eigenvalue weighted by atomic mass is 16.4. The van der Waals surface area contributed by atoms with Crippen LogP contribution in [0.4, 0.5) is 0 Å². The molecular weight excluding hydrogens is 260 g/mol. The van der Waals surface area contributed by atoms with Crippen molar-refractivity contribution in [2.24, 2.45) is 0 Å². The van der Waals surface area contributed by atoms with Crippen LogP contribution >= 0.6 is 0 Å². The largest absolute Gasteiger partial charge is 0.478 e. The lowest BCUT2D eigenvalue weighted by atomic mass is 10.3. The fourth-order valence-corrected chi connectivity index (χ4v) is 1.69. The lowest BCUT2D eigenvalue weighted by Crippen LogP contribution is -2.01. The van der Waals surface area contributed by atoms with Gasteiger partial charge in [-0.3, -0.25) is 0 Å². The Morgan fingerprint density at radius 2 is 2.15 bits per heavy atom. The first kappa shape index (κ1) is 11.7. The third kappa shape index (κ3) is 1.83. The van der Waals surface area contributed by atoms with E-state index in [0.717, 1.165) is 0 Å². The van der Waals surface area contributed by atoms with Crippen molar-refractivity contribution in [3.8, 4) is 11.8 Å². The average Bonchev–Trinajstić information content (AvgIpc) is 2.90. The first-order chi connectivity index (χ1) is 9.69. The molecule has 0 aliphatic heterocycles. The number of carboxylic acids is 1. The first-order valence-electron chi connectivity index (χ1n) is 5.50. The number of carboxylic acid groups (broad SMARTS) is 1. The molecule has 0 bridgehead atoms. The van der Waals surface area contributed by atoms with E-state index in [2.05, 4.69) is 20.3 Å². The predicted octanol–water partition coefficient (Wildman–Crippen LogP) is 0.780. The van der Waals surface area contributed by atoms with Gasteiger partial charge in [-0.25, -0.2) is 14.8 Å². The second-order valence-corrected chi connectivity index (χ2v) is 3.89. The van der Waals surface area contributed by atoms with E-state index in [1.807, 2.05) is 6.07 Å². The minimum absolute atomic E-state index is 0.0440. The van der Waals surface area contributed by atoms with E-state index in [9.17, 15) is 4.79 Å². The van der Waals surface area contributed by atoms with E-state index in [1.54, 1.807) is 12.1 Å². The minimum atomic E-state index is -1.08. The van der Waals surface area contributed by atoms with Gasteiger partial charge < -0.3 is 5.11 Å². The summed E-state index contributed by atoms with van der Waals surface area (Å²) in [7, 11) is 0. The number of hydrogen-bond donors (Lipinski definition) is 1. The molecular formula is C12H6N6O2. The summed E-state index contributed by atoms with van der Waals surface area (Å²) in [6, 6.07) is 6.52.